The van der Waals surface area contributed by atoms with Gasteiger partial charge in [-0.15, -0.1) is 0 Å². The van der Waals surface area contributed by atoms with Gasteiger partial charge in [-0.1, -0.05) is 20.3 Å². The summed E-state index contributed by atoms with van der Waals surface area (Å²) in [5.74, 6) is 0. The molecule has 0 N–H and O–H groups in total. The van der Waals surface area contributed by atoms with Crippen LogP contribution in [0.25, 0.3) is 0 Å². The molecule has 2 heteroatoms. The third-order valence-electron chi connectivity index (χ3n) is 3.53. The molecule has 78 valence electrons. The van der Waals surface area contributed by atoms with Crippen LogP contribution in [-0.4, -0.2) is 9.78 Å². The van der Waals surface area contributed by atoms with Crippen LogP contribution in [0.3, 0.4) is 0 Å². The summed E-state index contributed by atoms with van der Waals surface area (Å²) in [7, 11) is 2.02. The molecule has 1 saturated carbocycles. The average Bonchev–Trinajstić information content (AvgIpc) is 2.43. The van der Waals surface area contributed by atoms with Crippen molar-refractivity contribution in [3.8, 4) is 0 Å². The molecule has 1 aliphatic rings. The fraction of sp³-hybridized carbons (Fsp3) is 0.750. The largest absolute Gasteiger partial charge is 0.275 e. The molecule has 0 unspecified atom stereocenters. The maximum atomic E-state index is 4.57. The second-order valence-electron chi connectivity index (χ2n) is 4.97. The van der Waals surface area contributed by atoms with Gasteiger partial charge < -0.3 is 0 Å². The Kier molecular flexibility index (Phi) is 2.38. The Morgan fingerprint density at radius 2 is 2.21 bits per heavy atom. The fourth-order valence-corrected chi connectivity index (χ4v) is 2.39. The first-order chi connectivity index (χ1) is 6.63. The van der Waals surface area contributed by atoms with Crippen molar-refractivity contribution in [3.63, 3.8) is 0 Å². The maximum Gasteiger partial charge on any atom is 0.0661 e. The number of aryl methyl sites for hydroxylation is 2. The Labute approximate surface area is 86.3 Å². The summed E-state index contributed by atoms with van der Waals surface area (Å²) in [6.45, 7) is 4.61. The Morgan fingerprint density at radius 1 is 1.50 bits per heavy atom. The Morgan fingerprint density at radius 3 is 2.71 bits per heavy atom. The van der Waals surface area contributed by atoms with Crippen LogP contribution in [0.1, 0.15) is 44.4 Å². The van der Waals surface area contributed by atoms with Crippen LogP contribution in [-0.2, 0) is 19.9 Å². The molecule has 2 nitrogen and oxygen atoms in total. The minimum absolute atomic E-state index is 0.554. The smallest absolute Gasteiger partial charge is 0.0661 e. The number of rotatable bonds is 3. The summed E-state index contributed by atoms with van der Waals surface area (Å²) in [6.07, 6.45) is 8.62. The van der Waals surface area contributed by atoms with E-state index in [-0.39, 0.29) is 0 Å². The van der Waals surface area contributed by atoms with E-state index in [9.17, 15) is 0 Å². The summed E-state index contributed by atoms with van der Waals surface area (Å²) < 4.78 is 1.95. The second-order valence-corrected chi connectivity index (χ2v) is 4.97. The highest BCUT2D eigenvalue weighted by Crippen LogP contribution is 2.43. The number of nitrogens with zero attached hydrogens (tertiary/aromatic N) is 2. The summed E-state index contributed by atoms with van der Waals surface area (Å²) in [5.41, 5.74) is 3.32. The molecule has 1 aliphatic carbocycles. The van der Waals surface area contributed by atoms with E-state index in [0.717, 1.165) is 6.42 Å². The Hall–Kier alpha value is -0.790. The third-order valence-corrected chi connectivity index (χ3v) is 3.53. The summed E-state index contributed by atoms with van der Waals surface area (Å²) in [4.78, 5) is 0. The van der Waals surface area contributed by atoms with Crippen LogP contribution in [0.5, 0.6) is 0 Å². The highest BCUT2D eigenvalue weighted by Gasteiger charge is 2.33. The molecule has 1 aromatic rings. The van der Waals surface area contributed by atoms with Gasteiger partial charge in [-0.3, -0.25) is 4.68 Å². The number of hydrogen-bond donors (Lipinski definition) is 0. The van der Waals surface area contributed by atoms with E-state index in [1.807, 2.05) is 11.7 Å². The van der Waals surface area contributed by atoms with Gasteiger partial charge >= 0.3 is 0 Å². The SMILES string of the molecule is CCc1cn(C)nc1CC1(C)CCC1. The lowest BCUT2D eigenvalue weighted by Gasteiger charge is -2.38. The molecule has 0 spiro atoms. The Balaban J connectivity index is 2.14. The molecule has 0 atom stereocenters. The van der Waals surface area contributed by atoms with E-state index in [0.29, 0.717) is 5.41 Å². The van der Waals surface area contributed by atoms with Crippen molar-refractivity contribution >= 4 is 0 Å². The van der Waals surface area contributed by atoms with Crippen molar-refractivity contribution < 1.29 is 0 Å². The van der Waals surface area contributed by atoms with Gasteiger partial charge in [-0.25, -0.2) is 0 Å². The molecule has 1 fully saturated rings. The minimum Gasteiger partial charge on any atom is -0.275 e. The predicted molar refractivity (Wildman–Crippen MR) is 58.2 cm³/mol. The lowest BCUT2D eigenvalue weighted by Crippen LogP contribution is -2.28. The standard InChI is InChI=1S/C12H20N2/c1-4-10-9-14(3)13-11(10)8-12(2)6-5-7-12/h9H,4-8H2,1-3H3. The van der Waals surface area contributed by atoms with Gasteiger partial charge in [0.25, 0.3) is 0 Å². The van der Waals surface area contributed by atoms with Crippen LogP contribution in [0, 0.1) is 5.41 Å². The highest BCUT2D eigenvalue weighted by molar-refractivity contribution is 5.19. The van der Waals surface area contributed by atoms with Gasteiger partial charge in [0, 0.05) is 13.2 Å². The topological polar surface area (TPSA) is 17.8 Å². The molecule has 0 bridgehead atoms. The van der Waals surface area contributed by atoms with Crippen LogP contribution < -0.4 is 0 Å². The second kappa shape index (κ2) is 3.41. The first kappa shape index (κ1) is 9.75. The van der Waals surface area contributed by atoms with Gasteiger partial charge in [-0.2, -0.15) is 5.10 Å². The molecule has 1 heterocycles. The first-order valence-corrected chi connectivity index (χ1v) is 5.64. The van der Waals surface area contributed by atoms with Gasteiger partial charge in [-0.05, 0) is 36.7 Å². The van der Waals surface area contributed by atoms with E-state index in [2.05, 4.69) is 25.1 Å². The molecule has 2 rings (SSSR count). The highest BCUT2D eigenvalue weighted by atomic mass is 15.2. The number of hydrogen-bond acceptors (Lipinski definition) is 1. The summed E-state index contributed by atoms with van der Waals surface area (Å²) in [6, 6.07) is 0. The lowest BCUT2D eigenvalue weighted by molar-refractivity contribution is 0.159. The zero-order valence-corrected chi connectivity index (χ0v) is 9.51. The molecule has 0 aromatic carbocycles. The maximum absolute atomic E-state index is 4.57. The Bertz CT molecular complexity index is 321. The van der Waals surface area contributed by atoms with Crippen molar-refractivity contribution in [3.05, 3.63) is 17.5 Å². The monoisotopic (exact) mass is 192 g/mol. The fourth-order valence-electron chi connectivity index (χ4n) is 2.39. The zero-order chi connectivity index (χ0) is 10.2. The average molecular weight is 192 g/mol. The van der Waals surface area contributed by atoms with E-state index < -0.39 is 0 Å². The lowest BCUT2D eigenvalue weighted by atomic mass is 9.67. The van der Waals surface area contributed by atoms with Crippen molar-refractivity contribution in [2.45, 2.75) is 46.0 Å². The molecule has 0 aliphatic heterocycles. The third kappa shape index (κ3) is 1.70. The quantitative estimate of drug-likeness (QED) is 0.720. The van der Waals surface area contributed by atoms with Gasteiger partial charge in [0.05, 0.1) is 5.69 Å². The van der Waals surface area contributed by atoms with Gasteiger partial charge in [0.2, 0.25) is 0 Å². The number of aromatic nitrogens is 2. The summed E-state index contributed by atoms with van der Waals surface area (Å²) in [5, 5.41) is 4.57. The van der Waals surface area contributed by atoms with Crippen molar-refractivity contribution in [1.82, 2.24) is 9.78 Å². The van der Waals surface area contributed by atoms with E-state index >= 15 is 0 Å². The van der Waals surface area contributed by atoms with Crippen molar-refractivity contribution in [2.24, 2.45) is 12.5 Å². The molecule has 0 saturated heterocycles. The zero-order valence-electron chi connectivity index (χ0n) is 9.51. The minimum atomic E-state index is 0.554. The summed E-state index contributed by atoms with van der Waals surface area (Å²) >= 11 is 0. The van der Waals surface area contributed by atoms with E-state index in [1.54, 1.807) is 0 Å². The normalized spacial score (nSPS) is 19.4. The predicted octanol–water partition coefficient (Wildman–Crippen LogP) is 2.72. The molecule has 1 aromatic heterocycles. The van der Waals surface area contributed by atoms with Crippen molar-refractivity contribution in [2.75, 3.05) is 0 Å². The molecule has 0 radical (unpaired) electrons. The van der Waals surface area contributed by atoms with Gasteiger partial charge in [0.15, 0.2) is 0 Å². The van der Waals surface area contributed by atoms with E-state index in [1.165, 1.54) is 36.9 Å². The van der Waals surface area contributed by atoms with Crippen LogP contribution >= 0.6 is 0 Å². The van der Waals surface area contributed by atoms with Crippen LogP contribution in [0.15, 0.2) is 6.20 Å². The van der Waals surface area contributed by atoms with Crippen molar-refractivity contribution in [1.29, 1.82) is 0 Å². The molecular formula is C12H20N2. The first-order valence-electron chi connectivity index (χ1n) is 5.64. The molecule has 14 heavy (non-hydrogen) atoms. The van der Waals surface area contributed by atoms with Crippen LogP contribution in [0.2, 0.25) is 0 Å². The van der Waals surface area contributed by atoms with E-state index in [4.69, 9.17) is 0 Å². The van der Waals surface area contributed by atoms with Crippen LogP contribution in [0.4, 0.5) is 0 Å². The molecular weight excluding hydrogens is 172 g/mol. The molecule has 0 amide bonds. The van der Waals surface area contributed by atoms with Gasteiger partial charge in [0.1, 0.15) is 0 Å².